The summed E-state index contributed by atoms with van der Waals surface area (Å²) in [6, 6.07) is 12.7. The fourth-order valence-corrected chi connectivity index (χ4v) is 2.96. The molecule has 1 atom stereocenters. The Morgan fingerprint density at radius 2 is 1.83 bits per heavy atom. The van der Waals surface area contributed by atoms with E-state index in [1.165, 1.54) is 12.1 Å². The highest BCUT2D eigenvalue weighted by Crippen LogP contribution is 2.30. The molecule has 3 rings (SSSR count). The molecule has 1 aromatic heterocycles. The number of methoxy groups -OCH3 is 1. The third-order valence-electron chi connectivity index (χ3n) is 4.40. The van der Waals surface area contributed by atoms with Crippen molar-refractivity contribution in [2.75, 3.05) is 30.8 Å². The summed E-state index contributed by atoms with van der Waals surface area (Å²) in [5.74, 6) is 0.748. The van der Waals surface area contributed by atoms with E-state index in [9.17, 15) is 13.2 Å². The minimum atomic E-state index is -4.33. The molecule has 3 N–H and O–H groups in total. The smallest absolute Gasteiger partial charge is 0.416 e. The number of halogens is 3. The number of hydrogen-bond acceptors (Lipinski definition) is 5. The molecule has 5 nitrogen and oxygen atoms in total. The van der Waals surface area contributed by atoms with Gasteiger partial charge in [-0.25, -0.2) is 0 Å². The van der Waals surface area contributed by atoms with E-state index in [4.69, 9.17) is 4.74 Å². The molecule has 0 spiro atoms. The zero-order valence-corrected chi connectivity index (χ0v) is 16.2. The predicted molar refractivity (Wildman–Crippen MR) is 109 cm³/mol. The standard InChI is InChI=1S/C21H23F3N4O/c1-14(28-17-7-5-16(6-8-17)21(22,23)24)25-10-11-26-19-13-18(29-2)12-15-4-3-9-27-20(15)19/h3-9,12-14,25-26,28H,10-11H2,1-2H3. The van der Waals surface area contributed by atoms with Crippen LogP contribution in [0.3, 0.4) is 0 Å². The van der Waals surface area contributed by atoms with Gasteiger partial charge in [0.25, 0.3) is 0 Å². The monoisotopic (exact) mass is 404 g/mol. The summed E-state index contributed by atoms with van der Waals surface area (Å²) in [7, 11) is 1.62. The SMILES string of the molecule is COc1cc(NCCNC(C)Nc2ccc(C(F)(F)F)cc2)c2ncccc2c1. The summed E-state index contributed by atoms with van der Waals surface area (Å²) in [5.41, 5.74) is 1.70. The average molecular weight is 404 g/mol. The molecule has 3 aromatic rings. The van der Waals surface area contributed by atoms with Crippen molar-refractivity contribution in [3.05, 3.63) is 60.3 Å². The van der Waals surface area contributed by atoms with E-state index in [-0.39, 0.29) is 6.17 Å². The van der Waals surface area contributed by atoms with Crippen molar-refractivity contribution in [3.8, 4) is 5.75 Å². The van der Waals surface area contributed by atoms with E-state index in [2.05, 4.69) is 20.9 Å². The molecule has 0 fully saturated rings. The Labute approximate surface area is 167 Å². The molecule has 2 aromatic carbocycles. The van der Waals surface area contributed by atoms with Crippen molar-refractivity contribution in [3.63, 3.8) is 0 Å². The van der Waals surface area contributed by atoms with E-state index in [1.807, 2.05) is 31.2 Å². The highest BCUT2D eigenvalue weighted by molar-refractivity contribution is 5.91. The Morgan fingerprint density at radius 3 is 2.52 bits per heavy atom. The minimum Gasteiger partial charge on any atom is -0.497 e. The van der Waals surface area contributed by atoms with Crippen molar-refractivity contribution in [2.24, 2.45) is 0 Å². The van der Waals surface area contributed by atoms with Crippen LogP contribution in [0.1, 0.15) is 12.5 Å². The molecule has 0 saturated carbocycles. The topological polar surface area (TPSA) is 58.2 Å². The lowest BCUT2D eigenvalue weighted by molar-refractivity contribution is -0.137. The first kappa shape index (κ1) is 20.7. The fraction of sp³-hybridized carbons (Fsp3) is 0.286. The lowest BCUT2D eigenvalue weighted by Crippen LogP contribution is -2.36. The first-order valence-electron chi connectivity index (χ1n) is 9.20. The zero-order chi connectivity index (χ0) is 20.9. The van der Waals surface area contributed by atoms with Crippen molar-refractivity contribution < 1.29 is 17.9 Å². The third kappa shape index (κ3) is 5.51. The van der Waals surface area contributed by atoms with Crippen molar-refractivity contribution in [1.82, 2.24) is 10.3 Å². The van der Waals surface area contributed by atoms with Gasteiger partial charge in [0.05, 0.1) is 30.0 Å². The number of hydrogen-bond donors (Lipinski definition) is 3. The number of nitrogens with one attached hydrogen (secondary N) is 3. The normalized spacial score (nSPS) is 12.6. The molecule has 154 valence electrons. The van der Waals surface area contributed by atoms with Gasteiger partial charge in [0.2, 0.25) is 0 Å². The summed E-state index contributed by atoms with van der Waals surface area (Å²) in [5, 5.41) is 10.7. The quantitative estimate of drug-likeness (QED) is 0.375. The van der Waals surface area contributed by atoms with Crippen molar-refractivity contribution in [2.45, 2.75) is 19.3 Å². The maximum Gasteiger partial charge on any atom is 0.416 e. The molecule has 0 aliphatic carbocycles. The van der Waals surface area contributed by atoms with Gasteiger partial charge in [-0.05, 0) is 43.3 Å². The zero-order valence-electron chi connectivity index (χ0n) is 16.2. The minimum absolute atomic E-state index is 0.117. The fourth-order valence-electron chi connectivity index (χ4n) is 2.96. The number of benzene rings is 2. The first-order valence-corrected chi connectivity index (χ1v) is 9.20. The van der Waals surface area contributed by atoms with E-state index in [1.54, 1.807) is 13.3 Å². The number of aromatic nitrogens is 1. The van der Waals surface area contributed by atoms with Crippen LogP contribution in [0.25, 0.3) is 10.9 Å². The molecule has 0 bridgehead atoms. The van der Waals surface area contributed by atoms with Gasteiger partial charge < -0.3 is 15.4 Å². The van der Waals surface area contributed by atoms with Crippen LogP contribution in [-0.4, -0.2) is 31.3 Å². The molecule has 0 saturated heterocycles. The second-order valence-electron chi connectivity index (χ2n) is 6.57. The third-order valence-corrected chi connectivity index (χ3v) is 4.40. The van der Waals surface area contributed by atoms with Gasteiger partial charge in [0, 0.05) is 36.4 Å². The summed E-state index contributed by atoms with van der Waals surface area (Å²) in [6.07, 6.45) is -2.70. The summed E-state index contributed by atoms with van der Waals surface area (Å²) >= 11 is 0. The molecule has 0 amide bonds. The van der Waals surface area contributed by atoms with E-state index in [0.29, 0.717) is 18.8 Å². The number of ether oxygens (including phenoxy) is 1. The number of nitrogens with zero attached hydrogens (tertiary/aromatic N) is 1. The second-order valence-corrected chi connectivity index (χ2v) is 6.57. The summed E-state index contributed by atoms with van der Waals surface area (Å²) in [4.78, 5) is 4.42. The largest absolute Gasteiger partial charge is 0.497 e. The number of alkyl halides is 3. The van der Waals surface area contributed by atoms with Crippen molar-refractivity contribution >= 4 is 22.3 Å². The predicted octanol–water partition coefficient (Wildman–Crippen LogP) is 4.72. The Morgan fingerprint density at radius 1 is 1.07 bits per heavy atom. The number of pyridine rings is 1. The number of rotatable bonds is 8. The molecule has 0 aliphatic heterocycles. The van der Waals surface area contributed by atoms with Gasteiger partial charge in [-0.15, -0.1) is 0 Å². The molecule has 0 radical (unpaired) electrons. The number of fused-ring (bicyclic) bond motifs is 1. The Bertz CT molecular complexity index is 945. The van der Waals surface area contributed by atoms with E-state index >= 15 is 0 Å². The van der Waals surface area contributed by atoms with Crippen LogP contribution in [0.4, 0.5) is 24.5 Å². The van der Waals surface area contributed by atoms with Gasteiger partial charge in [0.1, 0.15) is 5.75 Å². The van der Waals surface area contributed by atoms with Crippen LogP contribution in [0, 0.1) is 0 Å². The van der Waals surface area contributed by atoms with Crippen LogP contribution < -0.4 is 20.7 Å². The van der Waals surface area contributed by atoms with Crippen molar-refractivity contribution in [1.29, 1.82) is 0 Å². The van der Waals surface area contributed by atoms with E-state index < -0.39 is 11.7 Å². The molecule has 0 aliphatic rings. The molecular weight excluding hydrogens is 381 g/mol. The first-order chi connectivity index (χ1) is 13.9. The van der Waals surface area contributed by atoms with Crippen LogP contribution in [0.5, 0.6) is 5.75 Å². The highest BCUT2D eigenvalue weighted by atomic mass is 19.4. The number of anilines is 2. The Hall–Kier alpha value is -3.00. The lowest BCUT2D eigenvalue weighted by Gasteiger charge is -2.18. The molecule has 8 heteroatoms. The van der Waals surface area contributed by atoms with Gasteiger partial charge in [-0.1, -0.05) is 6.07 Å². The van der Waals surface area contributed by atoms with Gasteiger partial charge in [-0.3, -0.25) is 10.3 Å². The Balaban J connectivity index is 1.51. The lowest BCUT2D eigenvalue weighted by atomic mass is 10.2. The van der Waals surface area contributed by atoms with E-state index in [0.717, 1.165) is 34.5 Å². The second kappa shape index (κ2) is 9.00. The van der Waals surface area contributed by atoms with Crippen LogP contribution >= 0.6 is 0 Å². The molecule has 29 heavy (non-hydrogen) atoms. The van der Waals surface area contributed by atoms with Crippen LogP contribution in [-0.2, 0) is 6.18 Å². The maximum atomic E-state index is 12.6. The van der Waals surface area contributed by atoms with Gasteiger partial charge >= 0.3 is 6.18 Å². The van der Waals surface area contributed by atoms with Gasteiger partial charge in [-0.2, -0.15) is 13.2 Å². The average Bonchev–Trinajstić information content (AvgIpc) is 2.70. The van der Waals surface area contributed by atoms with Gasteiger partial charge in [0.15, 0.2) is 0 Å². The van der Waals surface area contributed by atoms with Crippen LogP contribution in [0.15, 0.2) is 54.7 Å². The molecule has 1 unspecified atom stereocenters. The maximum absolute atomic E-state index is 12.6. The highest BCUT2D eigenvalue weighted by Gasteiger charge is 2.29. The molecule has 1 heterocycles. The Kier molecular flexibility index (Phi) is 6.43. The molecular formula is C21H23F3N4O. The van der Waals surface area contributed by atoms with Crippen LogP contribution in [0.2, 0.25) is 0 Å². The summed E-state index contributed by atoms with van der Waals surface area (Å²) < 4.78 is 43.2. The summed E-state index contributed by atoms with van der Waals surface area (Å²) in [6.45, 7) is 3.18.